The van der Waals surface area contributed by atoms with E-state index in [1.165, 1.54) is 43.7 Å². The van der Waals surface area contributed by atoms with Crippen LogP contribution in [0.15, 0.2) is 18.2 Å². The monoisotopic (exact) mass is 286 g/mol. The van der Waals surface area contributed by atoms with Gasteiger partial charge in [0.05, 0.1) is 11.0 Å². The lowest BCUT2D eigenvalue weighted by atomic mass is 10.1. The Bertz CT molecular complexity index is 611. The number of likely N-dealkylation sites (tertiary alicyclic amines) is 1. The molecule has 4 nitrogen and oxygen atoms in total. The quantitative estimate of drug-likeness (QED) is 0.879. The fourth-order valence-electron chi connectivity index (χ4n) is 3.41. The lowest BCUT2D eigenvalue weighted by molar-refractivity contribution is 0.160. The van der Waals surface area contributed by atoms with E-state index in [2.05, 4.69) is 29.4 Å². The number of aryl methyl sites for hydroxylation is 1. The van der Waals surface area contributed by atoms with Gasteiger partial charge in [0.1, 0.15) is 5.82 Å². The zero-order valence-electron chi connectivity index (χ0n) is 13.2. The SMILES string of the molecule is CCc1nc2cc(N)ccc2n1CC(C)N1CCCCC1. The summed E-state index contributed by atoms with van der Waals surface area (Å²) in [6.45, 7) is 8.01. The van der Waals surface area contributed by atoms with Gasteiger partial charge in [-0.1, -0.05) is 13.3 Å². The summed E-state index contributed by atoms with van der Waals surface area (Å²) in [5.41, 5.74) is 8.91. The molecule has 1 fully saturated rings. The second-order valence-corrected chi connectivity index (χ2v) is 6.19. The Morgan fingerprint density at radius 2 is 2.00 bits per heavy atom. The third-order valence-corrected chi connectivity index (χ3v) is 4.63. The van der Waals surface area contributed by atoms with Gasteiger partial charge >= 0.3 is 0 Å². The summed E-state index contributed by atoms with van der Waals surface area (Å²) in [6, 6.07) is 6.63. The van der Waals surface area contributed by atoms with E-state index in [0.717, 1.165) is 24.2 Å². The minimum Gasteiger partial charge on any atom is -0.399 e. The summed E-state index contributed by atoms with van der Waals surface area (Å²) in [7, 11) is 0. The first-order chi connectivity index (χ1) is 10.2. The Morgan fingerprint density at radius 1 is 1.24 bits per heavy atom. The molecule has 1 aliphatic heterocycles. The molecule has 1 unspecified atom stereocenters. The maximum Gasteiger partial charge on any atom is 0.109 e. The molecule has 1 aromatic heterocycles. The third-order valence-electron chi connectivity index (χ3n) is 4.63. The number of fused-ring (bicyclic) bond motifs is 1. The summed E-state index contributed by atoms with van der Waals surface area (Å²) in [4.78, 5) is 7.37. The van der Waals surface area contributed by atoms with Gasteiger partial charge < -0.3 is 10.3 Å². The molecule has 0 aliphatic carbocycles. The van der Waals surface area contributed by atoms with E-state index in [0.29, 0.717) is 6.04 Å². The fourth-order valence-corrected chi connectivity index (χ4v) is 3.41. The number of hydrogen-bond acceptors (Lipinski definition) is 3. The Kier molecular flexibility index (Phi) is 4.15. The van der Waals surface area contributed by atoms with Gasteiger partial charge in [-0.3, -0.25) is 4.90 Å². The normalized spacial score (nSPS) is 18.2. The predicted octanol–water partition coefficient (Wildman–Crippen LogP) is 3.06. The van der Waals surface area contributed by atoms with Gasteiger partial charge in [-0.25, -0.2) is 4.98 Å². The largest absolute Gasteiger partial charge is 0.399 e. The zero-order chi connectivity index (χ0) is 14.8. The molecule has 4 heteroatoms. The van der Waals surface area contributed by atoms with E-state index in [1.807, 2.05) is 12.1 Å². The number of piperidine rings is 1. The van der Waals surface area contributed by atoms with E-state index in [-0.39, 0.29) is 0 Å². The molecule has 114 valence electrons. The standard InChI is InChI=1S/C17H26N4/c1-3-17-19-15-11-14(18)7-8-16(15)21(17)12-13(2)20-9-5-4-6-10-20/h7-8,11,13H,3-6,9-10,12,18H2,1-2H3. The van der Waals surface area contributed by atoms with Crippen molar-refractivity contribution in [3.05, 3.63) is 24.0 Å². The highest BCUT2D eigenvalue weighted by atomic mass is 15.2. The van der Waals surface area contributed by atoms with Gasteiger partial charge in [0.2, 0.25) is 0 Å². The van der Waals surface area contributed by atoms with Crippen molar-refractivity contribution in [1.29, 1.82) is 0 Å². The Labute approximate surface area is 126 Å². The van der Waals surface area contributed by atoms with Gasteiger partial charge in [-0.05, 0) is 51.1 Å². The summed E-state index contributed by atoms with van der Waals surface area (Å²) < 4.78 is 2.38. The van der Waals surface area contributed by atoms with Crippen molar-refractivity contribution in [2.24, 2.45) is 0 Å². The Balaban J connectivity index is 1.88. The molecule has 1 atom stereocenters. The molecule has 0 amide bonds. The van der Waals surface area contributed by atoms with Crippen LogP contribution in [0.2, 0.25) is 0 Å². The van der Waals surface area contributed by atoms with E-state index >= 15 is 0 Å². The first kappa shape index (κ1) is 14.4. The lowest BCUT2D eigenvalue weighted by Crippen LogP contribution is -2.40. The van der Waals surface area contributed by atoms with Crippen molar-refractivity contribution in [2.45, 2.75) is 52.1 Å². The summed E-state index contributed by atoms with van der Waals surface area (Å²) in [5.74, 6) is 1.17. The minimum absolute atomic E-state index is 0.561. The molecule has 0 bridgehead atoms. The van der Waals surface area contributed by atoms with E-state index in [9.17, 15) is 0 Å². The third kappa shape index (κ3) is 2.91. The molecule has 21 heavy (non-hydrogen) atoms. The number of benzene rings is 1. The molecule has 2 aromatic rings. The zero-order valence-corrected chi connectivity index (χ0v) is 13.2. The van der Waals surface area contributed by atoms with Crippen molar-refractivity contribution in [3.8, 4) is 0 Å². The van der Waals surface area contributed by atoms with Crippen molar-refractivity contribution in [3.63, 3.8) is 0 Å². The number of nitrogens with zero attached hydrogens (tertiary/aromatic N) is 3. The second-order valence-electron chi connectivity index (χ2n) is 6.19. The molecule has 1 aliphatic rings. The molecule has 2 N–H and O–H groups in total. The van der Waals surface area contributed by atoms with Crippen LogP contribution in [0.25, 0.3) is 11.0 Å². The molecule has 1 aromatic carbocycles. The topological polar surface area (TPSA) is 47.1 Å². The Morgan fingerprint density at radius 3 is 2.71 bits per heavy atom. The first-order valence-corrected chi connectivity index (χ1v) is 8.17. The second kappa shape index (κ2) is 6.06. The van der Waals surface area contributed by atoms with Gasteiger partial charge in [-0.15, -0.1) is 0 Å². The van der Waals surface area contributed by atoms with Gasteiger partial charge in [0.25, 0.3) is 0 Å². The minimum atomic E-state index is 0.561. The van der Waals surface area contributed by atoms with Crippen LogP contribution in [0.5, 0.6) is 0 Å². The highest BCUT2D eigenvalue weighted by Gasteiger charge is 2.19. The van der Waals surface area contributed by atoms with Crippen molar-refractivity contribution in [1.82, 2.24) is 14.5 Å². The van der Waals surface area contributed by atoms with Crippen LogP contribution in [0.3, 0.4) is 0 Å². The molecule has 1 saturated heterocycles. The molecule has 3 rings (SSSR count). The molecule has 0 spiro atoms. The summed E-state index contributed by atoms with van der Waals surface area (Å²) in [6.07, 6.45) is 5.02. The van der Waals surface area contributed by atoms with Crippen LogP contribution in [0.1, 0.15) is 38.9 Å². The van der Waals surface area contributed by atoms with Gasteiger partial charge in [0.15, 0.2) is 0 Å². The maximum absolute atomic E-state index is 5.89. The first-order valence-electron chi connectivity index (χ1n) is 8.17. The summed E-state index contributed by atoms with van der Waals surface area (Å²) in [5, 5.41) is 0. The fraction of sp³-hybridized carbons (Fsp3) is 0.588. The van der Waals surface area contributed by atoms with E-state index < -0.39 is 0 Å². The van der Waals surface area contributed by atoms with Crippen LogP contribution in [-0.2, 0) is 13.0 Å². The van der Waals surface area contributed by atoms with Crippen LogP contribution in [0.4, 0.5) is 5.69 Å². The highest BCUT2D eigenvalue weighted by molar-refractivity contribution is 5.79. The van der Waals surface area contributed by atoms with Crippen molar-refractivity contribution >= 4 is 16.7 Å². The number of anilines is 1. The maximum atomic E-state index is 5.89. The number of nitrogen functional groups attached to an aromatic ring is 1. The molecule has 2 heterocycles. The van der Waals surface area contributed by atoms with Crippen LogP contribution in [-0.4, -0.2) is 33.6 Å². The average molecular weight is 286 g/mol. The van der Waals surface area contributed by atoms with E-state index in [4.69, 9.17) is 10.7 Å². The van der Waals surface area contributed by atoms with Crippen molar-refractivity contribution in [2.75, 3.05) is 18.8 Å². The van der Waals surface area contributed by atoms with E-state index in [1.54, 1.807) is 0 Å². The van der Waals surface area contributed by atoms with Crippen LogP contribution < -0.4 is 5.73 Å². The van der Waals surface area contributed by atoms with Crippen LogP contribution in [0, 0.1) is 0 Å². The Hall–Kier alpha value is -1.55. The van der Waals surface area contributed by atoms with Crippen molar-refractivity contribution < 1.29 is 0 Å². The molecular weight excluding hydrogens is 260 g/mol. The summed E-state index contributed by atoms with van der Waals surface area (Å²) >= 11 is 0. The highest BCUT2D eigenvalue weighted by Crippen LogP contribution is 2.21. The number of hydrogen-bond donors (Lipinski definition) is 1. The lowest BCUT2D eigenvalue weighted by Gasteiger charge is -2.33. The number of rotatable bonds is 4. The van der Waals surface area contributed by atoms with Gasteiger partial charge in [0, 0.05) is 24.7 Å². The van der Waals surface area contributed by atoms with Crippen LogP contribution >= 0.6 is 0 Å². The predicted molar refractivity (Wildman–Crippen MR) is 88.4 cm³/mol. The number of nitrogens with two attached hydrogens (primary N) is 1. The number of aromatic nitrogens is 2. The molecular formula is C17H26N4. The average Bonchev–Trinajstić information content (AvgIpc) is 2.85. The number of imidazole rings is 1. The molecule has 0 saturated carbocycles. The smallest absolute Gasteiger partial charge is 0.109 e. The molecule has 0 radical (unpaired) electrons. The van der Waals surface area contributed by atoms with Gasteiger partial charge in [-0.2, -0.15) is 0 Å².